The van der Waals surface area contributed by atoms with Gasteiger partial charge in [0.15, 0.2) is 0 Å². The summed E-state index contributed by atoms with van der Waals surface area (Å²) in [5.41, 5.74) is 5.97. The van der Waals surface area contributed by atoms with E-state index < -0.39 is 0 Å². The van der Waals surface area contributed by atoms with Crippen LogP contribution in [-0.4, -0.2) is 9.97 Å². The minimum absolute atomic E-state index is 0.257. The van der Waals surface area contributed by atoms with Gasteiger partial charge in [0.2, 0.25) is 0 Å². The molecular formula is C28H28FN3. The summed E-state index contributed by atoms with van der Waals surface area (Å²) in [6.45, 7) is 6.54. The van der Waals surface area contributed by atoms with Crippen molar-refractivity contribution in [2.24, 2.45) is 5.92 Å². The van der Waals surface area contributed by atoms with Crippen molar-refractivity contribution in [1.82, 2.24) is 9.97 Å². The number of aryl methyl sites for hydroxylation is 1. The maximum atomic E-state index is 13.7. The number of nitrogens with zero attached hydrogens (tertiary/aromatic N) is 3. The van der Waals surface area contributed by atoms with E-state index in [9.17, 15) is 4.39 Å². The summed E-state index contributed by atoms with van der Waals surface area (Å²) in [4.78, 5) is 11.8. The number of halogens is 1. The van der Waals surface area contributed by atoms with Gasteiger partial charge in [0.05, 0.1) is 0 Å². The summed E-state index contributed by atoms with van der Waals surface area (Å²) in [6.07, 6.45) is 11.4. The molecule has 0 amide bonds. The van der Waals surface area contributed by atoms with Crippen LogP contribution in [0.1, 0.15) is 54.6 Å². The van der Waals surface area contributed by atoms with Crippen molar-refractivity contribution in [3.8, 4) is 0 Å². The van der Waals surface area contributed by atoms with Gasteiger partial charge in [0.25, 0.3) is 0 Å². The quantitative estimate of drug-likeness (QED) is 0.441. The van der Waals surface area contributed by atoms with Gasteiger partial charge in [-0.3, -0.25) is 4.90 Å². The predicted molar refractivity (Wildman–Crippen MR) is 129 cm³/mol. The van der Waals surface area contributed by atoms with Crippen molar-refractivity contribution >= 4 is 23.2 Å². The molecule has 162 valence electrons. The molecule has 0 N–H and O–H groups in total. The summed E-state index contributed by atoms with van der Waals surface area (Å²) in [5.74, 6) is 2.10. The second-order valence-electron chi connectivity index (χ2n) is 8.90. The first-order valence-electron chi connectivity index (χ1n) is 11.5. The Bertz CT molecular complexity index is 1170. The summed E-state index contributed by atoms with van der Waals surface area (Å²) in [5, 5.41) is 0. The van der Waals surface area contributed by atoms with Crippen LogP contribution in [0.5, 0.6) is 0 Å². The van der Waals surface area contributed by atoms with Crippen LogP contribution in [0.25, 0.3) is 11.6 Å². The molecule has 32 heavy (non-hydrogen) atoms. The minimum atomic E-state index is -0.257. The topological polar surface area (TPSA) is 29.0 Å². The standard InChI is InChI=1S/C28H28FN3/c1-19-8-6-7-11-25(19)26-17-22-18-30-27(16-21-9-4-3-5-10-21)31-28(22)32(20(26)2)24-14-12-23(29)13-15-24/h6-8,11-15,17-18,21H,2-5,9-10,16H2,1H3. The average molecular weight is 426 g/mol. The fourth-order valence-electron chi connectivity index (χ4n) is 4.91. The third kappa shape index (κ3) is 3.97. The highest BCUT2D eigenvalue weighted by atomic mass is 19.1. The number of rotatable bonds is 4. The van der Waals surface area contributed by atoms with Crippen LogP contribution in [0.2, 0.25) is 0 Å². The normalized spacial score (nSPS) is 16.6. The van der Waals surface area contributed by atoms with E-state index in [2.05, 4.69) is 31.7 Å². The van der Waals surface area contributed by atoms with E-state index in [1.54, 1.807) is 12.1 Å². The molecule has 1 aliphatic carbocycles. The fourth-order valence-corrected chi connectivity index (χ4v) is 4.91. The van der Waals surface area contributed by atoms with Crippen molar-refractivity contribution in [3.63, 3.8) is 0 Å². The monoisotopic (exact) mass is 425 g/mol. The van der Waals surface area contributed by atoms with Crippen molar-refractivity contribution in [3.05, 3.63) is 95.3 Å². The Kier molecular flexibility index (Phi) is 5.60. The third-order valence-electron chi connectivity index (χ3n) is 6.65. The zero-order valence-electron chi connectivity index (χ0n) is 18.5. The van der Waals surface area contributed by atoms with E-state index in [4.69, 9.17) is 9.97 Å². The van der Waals surface area contributed by atoms with Crippen LogP contribution in [0.3, 0.4) is 0 Å². The number of benzene rings is 2. The number of fused-ring (bicyclic) bond motifs is 1. The van der Waals surface area contributed by atoms with Crippen LogP contribution < -0.4 is 4.90 Å². The number of hydrogen-bond acceptors (Lipinski definition) is 3. The lowest BCUT2D eigenvalue weighted by Gasteiger charge is -2.33. The molecule has 0 atom stereocenters. The predicted octanol–water partition coefficient (Wildman–Crippen LogP) is 7.25. The smallest absolute Gasteiger partial charge is 0.148 e. The van der Waals surface area contributed by atoms with E-state index in [0.29, 0.717) is 5.92 Å². The first kappa shape index (κ1) is 20.6. The largest absolute Gasteiger partial charge is 0.294 e. The molecule has 0 radical (unpaired) electrons. The van der Waals surface area contributed by atoms with Crippen LogP contribution in [0.15, 0.2) is 67.0 Å². The van der Waals surface area contributed by atoms with Crippen LogP contribution >= 0.6 is 0 Å². The van der Waals surface area contributed by atoms with Crippen molar-refractivity contribution in [1.29, 1.82) is 0 Å². The Morgan fingerprint density at radius 2 is 1.78 bits per heavy atom. The molecule has 5 rings (SSSR count). The Labute approximate surface area is 189 Å². The summed E-state index contributed by atoms with van der Waals surface area (Å²) in [7, 11) is 0. The lowest BCUT2D eigenvalue weighted by molar-refractivity contribution is 0.351. The molecule has 3 aromatic rings. The van der Waals surface area contributed by atoms with Gasteiger partial charge in [-0.25, -0.2) is 14.4 Å². The summed E-state index contributed by atoms with van der Waals surface area (Å²) >= 11 is 0. The number of allylic oxidation sites excluding steroid dienone is 1. The highest BCUT2D eigenvalue weighted by molar-refractivity contribution is 6.01. The lowest BCUT2D eigenvalue weighted by Crippen LogP contribution is -2.23. The first-order chi connectivity index (χ1) is 15.6. The van der Waals surface area contributed by atoms with E-state index in [-0.39, 0.29) is 5.82 Å². The second-order valence-corrected chi connectivity index (χ2v) is 8.90. The number of hydrogen-bond donors (Lipinski definition) is 0. The average Bonchev–Trinajstić information content (AvgIpc) is 2.81. The molecule has 0 bridgehead atoms. The molecule has 4 heteroatoms. The maximum Gasteiger partial charge on any atom is 0.148 e. The lowest BCUT2D eigenvalue weighted by atomic mass is 9.87. The number of aromatic nitrogens is 2. The molecule has 1 fully saturated rings. The zero-order valence-corrected chi connectivity index (χ0v) is 18.5. The van der Waals surface area contributed by atoms with Crippen molar-refractivity contribution < 1.29 is 4.39 Å². The Morgan fingerprint density at radius 3 is 2.53 bits per heavy atom. The van der Waals surface area contributed by atoms with E-state index in [1.807, 2.05) is 23.2 Å². The molecule has 0 saturated heterocycles. The number of anilines is 2. The molecule has 0 spiro atoms. The molecule has 0 unspecified atom stereocenters. The van der Waals surface area contributed by atoms with Gasteiger partial charge in [-0.05, 0) is 54.3 Å². The van der Waals surface area contributed by atoms with E-state index in [1.165, 1.54) is 49.8 Å². The van der Waals surface area contributed by atoms with Crippen LogP contribution in [0.4, 0.5) is 15.9 Å². The van der Waals surface area contributed by atoms with Crippen LogP contribution in [-0.2, 0) is 6.42 Å². The Balaban J connectivity index is 1.60. The van der Waals surface area contributed by atoms with E-state index >= 15 is 0 Å². The van der Waals surface area contributed by atoms with Crippen molar-refractivity contribution in [2.45, 2.75) is 45.4 Å². The highest BCUT2D eigenvalue weighted by Crippen LogP contribution is 2.42. The van der Waals surface area contributed by atoms with Crippen molar-refractivity contribution in [2.75, 3.05) is 4.90 Å². The van der Waals surface area contributed by atoms with Crippen LogP contribution in [0, 0.1) is 18.7 Å². The van der Waals surface area contributed by atoms with Gasteiger partial charge in [-0.2, -0.15) is 0 Å². The highest BCUT2D eigenvalue weighted by Gasteiger charge is 2.27. The van der Waals surface area contributed by atoms with E-state index in [0.717, 1.165) is 46.1 Å². The summed E-state index contributed by atoms with van der Waals surface area (Å²) in [6, 6.07) is 14.8. The Hall–Kier alpha value is -3.27. The third-order valence-corrected chi connectivity index (χ3v) is 6.65. The molecule has 3 nitrogen and oxygen atoms in total. The second kappa shape index (κ2) is 8.70. The van der Waals surface area contributed by atoms with Gasteiger partial charge in [-0.1, -0.05) is 62.9 Å². The maximum absolute atomic E-state index is 13.7. The van der Waals surface area contributed by atoms with Gasteiger partial charge in [0.1, 0.15) is 17.5 Å². The van der Waals surface area contributed by atoms with Gasteiger partial charge >= 0.3 is 0 Å². The molecule has 1 saturated carbocycles. The molecule has 1 aromatic heterocycles. The van der Waals surface area contributed by atoms with Gasteiger partial charge < -0.3 is 0 Å². The SMILES string of the molecule is C=C1C(c2ccccc2C)=Cc2cnc(CC3CCCCC3)nc2N1c1ccc(F)cc1. The Morgan fingerprint density at radius 1 is 1.03 bits per heavy atom. The minimum Gasteiger partial charge on any atom is -0.294 e. The van der Waals surface area contributed by atoms with Gasteiger partial charge in [0, 0.05) is 35.1 Å². The molecule has 2 aromatic carbocycles. The fraction of sp³-hybridized carbons (Fsp3) is 0.286. The molecular weight excluding hydrogens is 397 g/mol. The molecule has 1 aliphatic heterocycles. The zero-order chi connectivity index (χ0) is 22.1. The first-order valence-corrected chi connectivity index (χ1v) is 11.5. The van der Waals surface area contributed by atoms with Gasteiger partial charge in [-0.15, -0.1) is 0 Å². The molecule has 2 heterocycles. The summed E-state index contributed by atoms with van der Waals surface area (Å²) < 4.78 is 13.7. The molecule has 2 aliphatic rings.